The van der Waals surface area contributed by atoms with E-state index in [0.29, 0.717) is 22.8 Å². The van der Waals surface area contributed by atoms with Crippen LogP contribution in [-0.2, 0) is 6.54 Å². The molecule has 2 rings (SSSR count). The normalized spacial score (nSPS) is 11.2. The fourth-order valence-corrected chi connectivity index (χ4v) is 2.31. The standard InChI is InChI=1S/C11H8BrF2NO/c12-8-2-1-3-9-11(8)7(6-16)4-15(9)5-10(13)14/h1-4,6,10H,5H2. The van der Waals surface area contributed by atoms with Crippen LogP contribution in [0.5, 0.6) is 0 Å². The second-order valence-corrected chi connectivity index (χ2v) is 4.23. The largest absolute Gasteiger partial charge is 0.341 e. The Bertz CT molecular complexity index is 536. The second kappa shape index (κ2) is 4.33. The number of rotatable bonds is 3. The molecule has 0 aliphatic heterocycles. The van der Waals surface area contributed by atoms with Crippen molar-refractivity contribution in [3.63, 3.8) is 0 Å². The molecule has 0 atom stereocenters. The van der Waals surface area contributed by atoms with Gasteiger partial charge in [-0.1, -0.05) is 22.0 Å². The fraction of sp³-hybridized carbons (Fsp3) is 0.182. The highest BCUT2D eigenvalue weighted by Crippen LogP contribution is 2.28. The van der Waals surface area contributed by atoms with Crippen molar-refractivity contribution >= 4 is 33.1 Å². The number of fused-ring (bicyclic) bond motifs is 1. The van der Waals surface area contributed by atoms with Gasteiger partial charge in [0.1, 0.15) is 0 Å². The maximum Gasteiger partial charge on any atom is 0.256 e. The van der Waals surface area contributed by atoms with E-state index in [-0.39, 0.29) is 0 Å². The number of benzene rings is 1. The Labute approximate surface area is 99.0 Å². The lowest BCUT2D eigenvalue weighted by atomic mass is 10.2. The van der Waals surface area contributed by atoms with Crippen molar-refractivity contribution in [2.75, 3.05) is 0 Å². The molecule has 84 valence electrons. The first-order chi connectivity index (χ1) is 7.63. The van der Waals surface area contributed by atoms with Gasteiger partial charge in [0.15, 0.2) is 6.29 Å². The van der Waals surface area contributed by atoms with Gasteiger partial charge >= 0.3 is 0 Å². The Hall–Kier alpha value is -1.23. The molecule has 0 spiro atoms. The molecular formula is C11H8BrF2NO. The molecule has 0 radical (unpaired) electrons. The van der Waals surface area contributed by atoms with Gasteiger partial charge in [-0.15, -0.1) is 0 Å². The first kappa shape index (κ1) is 11.3. The number of halogens is 3. The van der Waals surface area contributed by atoms with Crippen LogP contribution < -0.4 is 0 Å². The SMILES string of the molecule is O=Cc1cn(CC(F)F)c2cccc(Br)c12. The molecule has 0 aliphatic carbocycles. The molecule has 5 heteroatoms. The monoisotopic (exact) mass is 287 g/mol. The van der Waals surface area contributed by atoms with Crippen LogP contribution in [0.25, 0.3) is 10.9 Å². The van der Waals surface area contributed by atoms with Crippen LogP contribution in [0.4, 0.5) is 8.78 Å². The molecule has 1 heterocycles. The lowest BCUT2D eigenvalue weighted by Crippen LogP contribution is -2.04. The van der Waals surface area contributed by atoms with E-state index in [2.05, 4.69) is 15.9 Å². The van der Waals surface area contributed by atoms with E-state index >= 15 is 0 Å². The van der Waals surface area contributed by atoms with Gasteiger partial charge in [-0.2, -0.15) is 0 Å². The van der Waals surface area contributed by atoms with Gasteiger partial charge in [-0.25, -0.2) is 8.78 Å². The van der Waals surface area contributed by atoms with Crippen LogP contribution in [0.3, 0.4) is 0 Å². The van der Waals surface area contributed by atoms with Crippen LogP contribution in [0, 0.1) is 0 Å². The van der Waals surface area contributed by atoms with Gasteiger partial charge < -0.3 is 4.57 Å². The minimum absolute atomic E-state index is 0.402. The highest BCUT2D eigenvalue weighted by atomic mass is 79.9. The summed E-state index contributed by atoms with van der Waals surface area (Å²) in [6.45, 7) is -0.402. The van der Waals surface area contributed by atoms with E-state index in [0.717, 1.165) is 4.47 Å². The zero-order chi connectivity index (χ0) is 11.7. The van der Waals surface area contributed by atoms with Crippen molar-refractivity contribution in [1.82, 2.24) is 4.57 Å². The first-order valence-electron chi connectivity index (χ1n) is 4.64. The van der Waals surface area contributed by atoms with Crippen LogP contribution >= 0.6 is 15.9 Å². The van der Waals surface area contributed by atoms with Gasteiger partial charge in [0.2, 0.25) is 0 Å². The number of alkyl halides is 2. The van der Waals surface area contributed by atoms with Crippen molar-refractivity contribution in [3.8, 4) is 0 Å². The molecular weight excluding hydrogens is 280 g/mol. The van der Waals surface area contributed by atoms with Gasteiger partial charge in [-0.05, 0) is 12.1 Å². The Morgan fingerprint density at radius 3 is 2.81 bits per heavy atom. The lowest BCUT2D eigenvalue weighted by Gasteiger charge is -2.03. The molecule has 0 saturated carbocycles. The highest BCUT2D eigenvalue weighted by molar-refractivity contribution is 9.10. The fourth-order valence-electron chi connectivity index (χ4n) is 1.73. The Morgan fingerprint density at radius 1 is 1.44 bits per heavy atom. The summed E-state index contributed by atoms with van der Waals surface area (Å²) < 4.78 is 26.8. The van der Waals surface area contributed by atoms with Crippen molar-refractivity contribution in [2.45, 2.75) is 13.0 Å². The molecule has 1 aromatic heterocycles. The van der Waals surface area contributed by atoms with E-state index in [1.54, 1.807) is 18.2 Å². The third-order valence-corrected chi connectivity index (χ3v) is 3.01. The van der Waals surface area contributed by atoms with Crippen LogP contribution in [0.2, 0.25) is 0 Å². The number of aldehydes is 1. The number of hydrogen-bond donors (Lipinski definition) is 0. The second-order valence-electron chi connectivity index (χ2n) is 3.38. The molecule has 0 N–H and O–H groups in total. The van der Waals surface area contributed by atoms with E-state index in [9.17, 15) is 13.6 Å². The van der Waals surface area contributed by atoms with Gasteiger partial charge in [0.05, 0.1) is 12.1 Å². The minimum atomic E-state index is -2.44. The number of carbonyl (C=O) groups is 1. The Morgan fingerprint density at radius 2 is 2.19 bits per heavy atom. The lowest BCUT2D eigenvalue weighted by molar-refractivity contribution is 0.112. The van der Waals surface area contributed by atoms with E-state index in [1.807, 2.05) is 0 Å². The predicted molar refractivity (Wildman–Crippen MR) is 61.0 cm³/mol. The zero-order valence-electron chi connectivity index (χ0n) is 8.16. The molecule has 0 aliphatic rings. The highest BCUT2D eigenvalue weighted by Gasteiger charge is 2.13. The van der Waals surface area contributed by atoms with Crippen molar-refractivity contribution in [2.24, 2.45) is 0 Å². The summed E-state index contributed by atoms with van der Waals surface area (Å²) in [6, 6.07) is 5.25. The van der Waals surface area contributed by atoms with E-state index in [1.165, 1.54) is 10.8 Å². The zero-order valence-corrected chi connectivity index (χ0v) is 9.75. The topological polar surface area (TPSA) is 22.0 Å². The molecule has 0 bridgehead atoms. The summed E-state index contributed by atoms with van der Waals surface area (Å²) in [5.74, 6) is 0. The molecule has 2 nitrogen and oxygen atoms in total. The third kappa shape index (κ3) is 1.87. The van der Waals surface area contributed by atoms with Gasteiger partial charge in [-0.3, -0.25) is 4.79 Å². The number of hydrogen-bond acceptors (Lipinski definition) is 1. The summed E-state index contributed by atoms with van der Waals surface area (Å²) in [5, 5.41) is 0.679. The number of nitrogens with zero attached hydrogens (tertiary/aromatic N) is 1. The number of carbonyl (C=O) groups excluding carboxylic acids is 1. The summed E-state index contributed by atoms with van der Waals surface area (Å²) in [6.07, 6.45) is -0.307. The Kier molecular flexibility index (Phi) is 3.05. The summed E-state index contributed by atoms with van der Waals surface area (Å²) >= 11 is 3.31. The Balaban J connectivity index is 2.68. The van der Waals surface area contributed by atoms with Crippen molar-refractivity contribution < 1.29 is 13.6 Å². The maximum atomic E-state index is 12.3. The number of aromatic nitrogens is 1. The molecule has 0 unspecified atom stereocenters. The first-order valence-corrected chi connectivity index (χ1v) is 5.43. The predicted octanol–water partition coefficient (Wildman–Crippen LogP) is 3.48. The minimum Gasteiger partial charge on any atom is -0.341 e. The quantitative estimate of drug-likeness (QED) is 0.792. The molecule has 0 saturated heterocycles. The summed E-state index contributed by atoms with van der Waals surface area (Å²) in [7, 11) is 0. The van der Waals surface area contributed by atoms with Crippen LogP contribution in [0.15, 0.2) is 28.9 Å². The van der Waals surface area contributed by atoms with Gasteiger partial charge in [0, 0.05) is 21.6 Å². The molecule has 2 aromatic rings. The van der Waals surface area contributed by atoms with E-state index in [4.69, 9.17) is 0 Å². The van der Waals surface area contributed by atoms with Crippen LogP contribution in [0.1, 0.15) is 10.4 Å². The summed E-state index contributed by atoms with van der Waals surface area (Å²) in [5.41, 5.74) is 1.06. The molecule has 16 heavy (non-hydrogen) atoms. The average Bonchev–Trinajstić information content (AvgIpc) is 2.57. The van der Waals surface area contributed by atoms with Crippen LogP contribution in [-0.4, -0.2) is 17.3 Å². The van der Waals surface area contributed by atoms with Crippen molar-refractivity contribution in [1.29, 1.82) is 0 Å². The summed E-state index contributed by atoms with van der Waals surface area (Å²) in [4.78, 5) is 10.9. The molecule has 1 aromatic carbocycles. The maximum absolute atomic E-state index is 12.3. The molecule has 0 amide bonds. The van der Waals surface area contributed by atoms with E-state index < -0.39 is 13.0 Å². The van der Waals surface area contributed by atoms with Gasteiger partial charge in [0.25, 0.3) is 6.43 Å². The molecule has 0 fully saturated rings. The van der Waals surface area contributed by atoms with Crippen molar-refractivity contribution in [3.05, 3.63) is 34.4 Å². The smallest absolute Gasteiger partial charge is 0.256 e. The average molecular weight is 288 g/mol. The third-order valence-electron chi connectivity index (χ3n) is 2.35.